The molecule has 0 saturated carbocycles. The Labute approximate surface area is 103 Å². The molecule has 0 aliphatic rings. The van der Waals surface area contributed by atoms with Crippen LogP contribution in [0.25, 0.3) is 27.7 Å². The minimum Gasteiger partial charge on any atom is -0.384 e. The molecule has 4 heteroatoms. The first-order chi connectivity index (χ1) is 8.84. The lowest BCUT2D eigenvalue weighted by Crippen LogP contribution is -2.00. The van der Waals surface area contributed by atoms with E-state index in [0.717, 1.165) is 21.9 Å². The molecule has 4 nitrogen and oxygen atoms in total. The number of nitrogens with two attached hydrogens (primary N) is 1. The maximum atomic E-state index is 6.25. The van der Waals surface area contributed by atoms with Crippen LogP contribution in [-0.4, -0.2) is 14.4 Å². The fraction of sp³-hybridized carbons (Fsp3) is 0. The Morgan fingerprint density at radius 1 is 0.833 bits per heavy atom. The molecule has 0 unspecified atom stereocenters. The highest BCUT2D eigenvalue weighted by atomic mass is 15.1. The fourth-order valence-electron chi connectivity index (χ4n) is 2.34. The second kappa shape index (κ2) is 3.20. The summed E-state index contributed by atoms with van der Waals surface area (Å²) in [4.78, 5) is 9.05. The predicted octanol–water partition coefficient (Wildman–Crippen LogP) is 2.62. The highest BCUT2D eigenvalue weighted by Gasteiger charge is 2.10. The molecular weight excluding hydrogens is 224 g/mol. The van der Waals surface area contributed by atoms with Gasteiger partial charge in [-0.1, -0.05) is 24.3 Å². The van der Waals surface area contributed by atoms with Crippen molar-refractivity contribution < 1.29 is 0 Å². The number of fused-ring (bicyclic) bond motifs is 4. The number of hydrogen-bond acceptors (Lipinski definition) is 3. The fourth-order valence-corrected chi connectivity index (χ4v) is 2.34. The van der Waals surface area contributed by atoms with Crippen molar-refractivity contribution in [2.75, 3.05) is 5.73 Å². The molecule has 18 heavy (non-hydrogen) atoms. The standard InChI is InChI=1S/C14H10N4/c15-13-9-5-1-2-6-10(9)16-14-17-11-7-3-4-8-12(11)18(13)14/h1-8H,15H2. The number of rotatable bonds is 0. The smallest absolute Gasteiger partial charge is 0.237 e. The summed E-state index contributed by atoms with van der Waals surface area (Å²) in [5, 5.41) is 0.952. The van der Waals surface area contributed by atoms with Gasteiger partial charge in [0.05, 0.1) is 16.6 Å². The van der Waals surface area contributed by atoms with Crippen LogP contribution in [0, 0.1) is 0 Å². The quantitative estimate of drug-likeness (QED) is 0.509. The molecule has 0 spiro atoms. The lowest BCUT2D eigenvalue weighted by molar-refractivity contribution is 1.18. The molecule has 86 valence electrons. The van der Waals surface area contributed by atoms with E-state index >= 15 is 0 Å². The van der Waals surface area contributed by atoms with Gasteiger partial charge in [0, 0.05) is 5.39 Å². The van der Waals surface area contributed by atoms with E-state index in [-0.39, 0.29) is 0 Å². The summed E-state index contributed by atoms with van der Waals surface area (Å²) < 4.78 is 1.90. The van der Waals surface area contributed by atoms with Crippen LogP contribution in [0.1, 0.15) is 0 Å². The third kappa shape index (κ3) is 1.09. The average Bonchev–Trinajstić information content (AvgIpc) is 2.77. The summed E-state index contributed by atoms with van der Waals surface area (Å²) in [6, 6.07) is 15.8. The first kappa shape index (κ1) is 9.41. The van der Waals surface area contributed by atoms with Gasteiger partial charge in [-0.25, -0.2) is 9.97 Å². The average molecular weight is 234 g/mol. The van der Waals surface area contributed by atoms with Gasteiger partial charge >= 0.3 is 0 Å². The van der Waals surface area contributed by atoms with Gasteiger partial charge in [-0.05, 0) is 24.3 Å². The molecule has 0 radical (unpaired) electrons. The Bertz CT molecular complexity index is 892. The largest absolute Gasteiger partial charge is 0.384 e. The zero-order valence-electron chi connectivity index (χ0n) is 9.54. The van der Waals surface area contributed by atoms with E-state index in [0.29, 0.717) is 11.6 Å². The monoisotopic (exact) mass is 234 g/mol. The van der Waals surface area contributed by atoms with E-state index in [1.807, 2.05) is 52.9 Å². The van der Waals surface area contributed by atoms with E-state index in [1.54, 1.807) is 0 Å². The van der Waals surface area contributed by atoms with Gasteiger partial charge in [0.25, 0.3) is 0 Å². The summed E-state index contributed by atoms with van der Waals surface area (Å²) in [5.74, 6) is 1.33. The Balaban J connectivity index is 2.34. The van der Waals surface area contributed by atoms with Crippen molar-refractivity contribution in [2.45, 2.75) is 0 Å². The van der Waals surface area contributed by atoms with Crippen LogP contribution in [0.2, 0.25) is 0 Å². The Morgan fingerprint density at radius 3 is 2.39 bits per heavy atom. The summed E-state index contributed by atoms with van der Waals surface area (Å²) >= 11 is 0. The van der Waals surface area contributed by atoms with Crippen LogP contribution < -0.4 is 5.73 Å². The molecule has 0 amide bonds. The maximum Gasteiger partial charge on any atom is 0.237 e. The zero-order chi connectivity index (χ0) is 12.1. The van der Waals surface area contributed by atoms with Gasteiger partial charge in [0.1, 0.15) is 5.82 Å². The second-order valence-corrected chi connectivity index (χ2v) is 4.25. The molecule has 4 rings (SSSR count). The number of imidazole rings is 1. The van der Waals surface area contributed by atoms with Crippen LogP contribution in [-0.2, 0) is 0 Å². The molecule has 0 atom stereocenters. The molecule has 2 N–H and O–H groups in total. The van der Waals surface area contributed by atoms with Crippen molar-refractivity contribution >= 4 is 33.5 Å². The molecule has 0 aliphatic carbocycles. The van der Waals surface area contributed by atoms with Crippen molar-refractivity contribution in [3.63, 3.8) is 0 Å². The van der Waals surface area contributed by atoms with E-state index in [9.17, 15) is 0 Å². The Kier molecular flexibility index (Phi) is 1.67. The van der Waals surface area contributed by atoms with E-state index < -0.39 is 0 Å². The molecule has 2 heterocycles. The minimum absolute atomic E-state index is 0.646. The van der Waals surface area contributed by atoms with Gasteiger partial charge < -0.3 is 5.73 Å². The highest BCUT2D eigenvalue weighted by molar-refractivity contribution is 5.93. The number of para-hydroxylation sites is 3. The molecule has 4 aromatic rings. The molecule has 0 fully saturated rings. The van der Waals surface area contributed by atoms with Crippen molar-refractivity contribution in [1.82, 2.24) is 14.4 Å². The summed E-state index contributed by atoms with van der Waals surface area (Å²) in [6.07, 6.45) is 0. The number of hydrogen-bond donors (Lipinski definition) is 1. The molecule has 2 aromatic carbocycles. The third-order valence-corrected chi connectivity index (χ3v) is 3.18. The van der Waals surface area contributed by atoms with Crippen LogP contribution in [0.15, 0.2) is 48.5 Å². The van der Waals surface area contributed by atoms with Crippen LogP contribution in [0.4, 0.5) is 5.82 Å². The lowest BCUT2D eigenvalue weighted by Gasteiger charge is -2.04. The number of benzene rings is 2. The zero-order valence-corrected chi connectivity index (χ0v) is 9.54. The SMILES string of the molecule is Nc1c2ccccc2nc2nc3ccccc3n12. The van der Waals surface area contributed by atoms with E-state index in [2.05, 4.69) is 9.97 Å². The topological polar surface area (TPSA) is 56.2 Å². The van der Waals surface area contributed by atoms with E-state index in [4.69, 9.17) is 5.73 Å². The maximum absolute atomic E-state index is 6.25. The molecular formula is C14H10N4. The van der Waals surface area contributed by atoms with Gasteiger partial charge in [-0.3, -0.25) is 4.40 Å². The van der Waals surface area contributed by atoms with Gasteiger partial charge in [0.2, 0.25) is 5.78 Å². The van der Waals surface area contributed by atoms with Gasteiger partial charge in [0.15, 0.2) is 0 Å². The van der Waals surface area contributed by atoms with E-state index in [1.165, 1.54) is 0 Å². The van der Waals surface area contributed by atoms with Gasteiger partial charge in [-0.2, -0.15) is 0 Å². The highest BCUT2D eigenvalue weighted by Crippen LogP contribution is 2.24. The first-order valence-corrected chi connectivity index (χ1v) is 5.76. The summed E-state index contributed by atoms with van der Waals surface area (Å²) in [7, 11) is 0. The Hall–Kier alpha value is -2.62. The first-order valence-electron chi connectivity index (χ1n) is 5.76. The summed E-state index contributed by atoms with van der Waals surface area (Å²) in [5.41, 5.74) is 9.02. The lowest BCUT2D eigenvalue weighted by atomic mass is 10.2. The molecule has 0 aliphatic heterocycles. The van der Waals surface area contributed by atoms with Crippen molar-refractivity contribution in [3.05, 3.63) is 48.5 Å². The van der Waals surface area contributed by atoms with Gasteiger partial charge in [-0.15, -0.1) is 0 Å². The number of nitrogens with zero attached hydrogens (tertiary/aromatic N) is 3. The van der Waals surface area contributed by atoms with Crippen molar-refractivity contribution in [1.29, 1.82) is 0 Å². The Morgan fingerprint density at radius 2 is 1.50 bits per heavy atom. The van der Waals surface area contributed by atoms with Crippen LogP contribution in [0.5, 0.6) is 0 Å². The second-order valence-electron chi connectivity index (χ2n) is 4.25. The predicted molar refractivity (Wildman–Crippen MR) is 72.4 cm³/mol. The minimum atomic E-state index is 0.646. The van der Waals surface area contributed by atoms with Crippen molar-refractivity contribution in [2.24, 2.45) is 0 Å². The van der Waals surface area contributed by atoms with Crippen molar-refractivity contribution in [3.8, 4) is 0 Å². The molecule has 0 bridgehead atoms. The summed E-state index contributed by atoms with van der Waals surface area (Å²) in [6.45, 7) is 0. The van der Waals surface area contributed by atoms with Crippen LogP contribution in [0.3, 0.4) is 0 Å². The normalized spacial score (nSPS) is 11.6. The third-order valence-electron chi connectivity index (χ3n) is 3.18. The number of aromatic nitrogens is 3. The van der Waals surface area contributed by atoms with Crippen LogP contribution >= 0.6 is 0 Å². The number of anilines is 1. The number of nitrogen functional groups attached to an aromatic ring is 1. The molecule has 0 saturated heterocycles. The molecule has 2 aromatic heterocycles.